The van der Waals surface area contributed by atoms with Gasteiger partial charge in [-0.25, -0.2) is 0 Å². The van der Waals surface area contributed by atoms with Crippen molar-refractivity contribution in [2.24, 2.45) is 125 Å². The second-order valence-corrected chi connectivity index (χ2v) is 34.0. The van der Waals surface area contributed by atoms with E-state index in [-0.39, 0.29) is 103 Å². The number of nitrogens with one attached hydrogen (secondary N) is 2. The fraction of sp³-hybridized carbons (Fsp3) is 0.795. The van der Waals surface area contributed by atoms with Crippen molar-refractivity contribution in [2.75, 3.05) is 26.2 Å². The molecule has 10 nitrogen and oxygen atoms in total. The predicted octanol–water partition coefficient (Wildman–Crippen LogP) is 15.0. The average Bonchev–Trinajstić information content (AvgIpc) is 0.947. The summed E-state index contributed by atoms with van der Waals surface area (Å²) in [5.41, 5.74) is 15.6. The molecule has 20 atom stereocenters. The minimum atomic E-state index is -0.410. The maximum absolute atomic E-state index is 14.6. The number of rotatable bonds is 16. The molecular weight excluding hydrogens is 1090 g/mol. The number of hydrogen-bond donors (Lipinski definition) is 4. The number of hydrogen-bond acceptors (Lipinski definition) is 8. The Labute approximate surface area is 533 Å². The predicted molar refractivity (Wildman–Crippen MR) is 354 cm³/mol. The Morgan fingerprint density at radius 1 is 0.523 bits per heavy atom. The minimum absolute atomic E-state index is 0.0103. The molecule has 10 aliphatic carbocycles. The monoisotopic (exact) mass is 1210 g/mol. The second-order valence-electron chi connectivity index (χ2n) is 34.0. The van der Waals surface area contributed by atoms with Crippen molar-refractivity contribution in [3.63, 3.8) is 0 Å². The summed E-state index contributed by atoms with van der Waals surface area (Å²) in [6, 6.07) is 0. The van der Waals surface area contributed by atoms with Gasteiger partial charge in [-0.2, -0.15) is 0 Å². The molecule has 6 N–H and O–H groups in total. The number of carbonyl (C=O) groups is 4. The van der Waals surface area contributed by atoms with Gasteiger partial charge in [0.25, 0.3) is 0 Å². The molecule has 486 valence electrons. The number of fused-ring (bicyclic) bond motifs is 14. The van der Waals surface area contributed by atoms with Crippen molar-refractivity contribution < 1.29 is 28.7 Å². The van der Waals surface area contributed by atoms with Gasteiger partial charge in [-0.3, -0.25) is 19.2 Å². The van der Waals surface area contributed by atoms with Crippen LogP contribution < -0.4 is 22.1 Å². The van der Waals surface area contributed by atoms with Crippen molar-refractivity contribution in [1.82, 2.24) is 10.6 Å². The van der Waals surface area contributed by atoms with Crippen LogP contribution in [0.2, 0.25) is 0 Å². The van der Waals surface area contributed by atoms with E-state index in [9.17, 15) is 19.2 Å². The van der Waals surface area contributed by atoms with Crippen LogP contribution in [0, 0.1) is 137 Å². The molecule has 10 rings (SSSR count). The van der Waals surface area contributed by atoms with E-state index in [4.69, 9.17) is 20.9 Å². The molecule has 0 spiro atoms. The maximum atomic E-state index is 14.6. The Morgan fingerprint density at radius 3 is 1.24 bits per heavy atom. The van der Waals surface area contributed by atoms with Gasteiger partial charge in [0.15, 0.2) is 0 Å². The van der Waals surface area contributed by atoms with E-state index in [2.05, 4.69) is 143 Å². The molecule has 88 heavy (non-hydrogen) atoms. The third-order valence-electron chi connectivity index (χ3n) is 29.3. The van der Waals surface area contributed by atoms with Crippen LogP contribution in [0.4, 0.5) is 0 Å². The molecule has 10 aliphatic rings. The van der Waals surface area contributed by atoms with E-state index in [1.165, 1.54) is 22.3 Å². The zero-order valence-electron chi connectivity index (χ0n) is 57.5. The van der Waals surface area contributed by atoms with Gasteiger partial charge in [0.1, 0.15) is 12.2 Å². The van der Waals surface area contributed by atoms with Crippen molar-refractivity contribution in [3.8, 4) is 23.7 Å². The summed E-state index contributed by atoms with van der Waals surface area (Å²) in [5, 5.41) is 6.84. The molecule has 2 amide bonds. The van der Waals surface area contributed by atoms with Gasteiger partial charge in [-0.1, -0.05) is 129 Å². The van der Waals surface area contributed by atoms with E-state index in [0.717, 1.165) is 128 Å². The smallest absolute Gasteiger partial charge is 0.302 e. The average molecular weight is 1210 g/mol. The van der Waals surface area contributed by atoms with Crippen LogP contribution in [0.3, 0.4) is 0 Å². The summed E-state index contributed by atoms with van der Waals surface area (Å²) >= 11 is 0. The number of amides is 2. The van der Waals surface area contributed by atoms with Crippen LogP contribution in [0.5, 0.6) is 0 Å². The number of unbranched alkanes of at least 4 members (excludes halogenated alkanes) is 2. The van der Waals surface area contributed by atoms with E-state index in [1.807, 2.05) is 0 Å². The first-order valence-electron chi connectivity index (χ1n) is 35.3. The SMILES string of the molecule is C=C(C)C1CC[C@]2(C(=O)NCCCCN)CC[C@]3(C)C(=CC[C@@H]4[C@@]5(C)C[C@@H](CC#CC#CC[C@@H]6C[C@]7(C)[C@H]8CC=C9[C@H]%10C(C(=C)C)CC[C@]%10(C(=O)NCCCCN)CC[C@@]9(C)[C@]8(C)CC[C@H]7C(C)(C)[C@H]6OC(C)=O)[C@H](OC(C)=O)C(C)(C)[C@@H]5CC[C@]43C)[C@@H]12. The normalized spacial score (nSPS) is 43.7. The van der Waals surface area contributed by atoms with Crippen LogP contribution in [-0.4, -0.2) is 62.1 Å². The van der Waals surface area contributed by atoms with Gasteiger partial charge in [0.05, 0.1) is 10.8 Å². The zero-order valence-corrected chi connectivity index (χ0v) is 57.5. The number of allylic oxidation sites excluding steroid dienone is 6. The Morgan fingerprint density at radius 2 is 0.898 bits per heavy atom. The van der Waals surface area contributed by atoms with Crippen LogP contribution in [0.1, 0.15) is 238 Å². The first kappa shape index (κ1) is 66.8. The van der Waals surface area contributed by atoms with Crippen LogP contribution in [0.25, 0.3) is 0 Å². The summed E-state index contributed by atoms with van der Waals surface area (Å²) in [5.74, 6) is 16.4. The molecule has 0 aromatic heterocycles. The number of nitrogens with two attached hydrogens (primary N) is 2. The zero-order chi connectivity index (χ0) is 64.0. The third kappa shape index (κ3) is 10.2. The summed E-state index contributed by atoms with van der Waals surface area (Å²) in [6.45, 7) is 44.3. The lowest BCUT2D eigenvalue weighted by molar-refractivity contribution is -0.225. The van der Waals surface area contributed by atoms with Crippen molar-refractivity contribution in [2.45, 2.75) is 250 Å². The van der Waals surface area contributed by atoms with Crippen LogP contribution in [-0.2, 0) is 28.7 Å². The lowest BCUT2D eigenvalue weighted by atomic mass is 9.33. The van der Waals surface area contributed by atoms with E-state index < -0.39 is 10.8 Å². The fourth-order valence-electron chi connectivity index (χ4n) is 25.1. The van der Waals surface area contributed by atoms with Crippen molar-refractivity contribution >= 4 is 23.8 Å². The number of esters is 2. The molecule has 0 radical (unpaired) electrons. The third-order valence-corrected chi connectivity index (χ3v) is 29.3. The van der Waals surface area contributed by atoms with Gasteiger partial charge in [0, 0.05) is 74.3 Å². The van der Waals surface area contributed by atoms with Crippen molar-refractivity contribution in [3.05, 3.63) is 47.6 Å². The summed E-state index contributed by atoms with van der Waals surface area (Å²) in [4.78, 5) is 55.5. The minimum Gasteiger partial charge on any atom is -0.462 e. The Hall–Kier alpha value is -4.12. The number of ether oxygens (including phenoxy) is 2. The summed E-state index contributed by atoms with van der Waals surface area (Å²) in [6.07, 6.45) is 25.3. The van der Waals surface area contributed by atoms with Crippen LogP contribution >= 0.6 is 0 Å². The maximum Gasteiger partial charge on any atom is 0.302 e. The molecule has 2 unspecified atom stereocenters. The highest BCUT2D eigenvalue weighted by molar-refractivity contribution is 5.85. The highest BCUT2D eigenvalue weighted by Crippen LogP contribution is 2.79. The molecule has 0 heterocycles. The quantitative estimate of drug-likeness (QED) is 0.0514. The molecule has 8 saturated carbocycles. The molecule has 0 aromatic carbocycles. The van der Waals surface area contributed by atoms with Crippen LogP contribution in [0.15, 0.2) is 47.6 Å². The summed E-state index contributed by atoms with van der Waals surface area (Å²) < 4.78 is 13.0. The van der Waals surface area contributed by atoms with Gasteiger partial charge in [0.2, 0.25) is 11.8 Å². The molecule has 0 aromatic rings. The molecular formula is C78H118N4O6. The van der Waals surface area contributed by atoms with Crippen molar-refractivity contribution in [1.29, 1.82) is 0 Å². The summed E-state index contributed by atoms with van der Waals surface area (Å²) in [7, 11) is 0. The standard InChI is InChI=1S/C78H118N4O6/c1-49(2)55-31-37-77(67(85)81-45-23-21-43-79)41-39-73(13)57(63(55)77)27-29-61-71(11)47-53(65(87-51(5)83)69(7,8)59(71)33-35-75(61,73)15)25-19-17-18-20-26-54-48-72(12)60(70(9,10)66(54)88-52(6)84)34-36-76(16)62(72)30-28-58-64-56(50(3)4)32-38-78(64,42-40-74(58,76)14)68(86)82-46-24-22-44-80/h27-28,53-56,59-66H,1,3,21-26,29-48,79-80H2,2,4-16H3,(H,81,85)(H,82,86)/t53-,54-,55?,56?,59+,60+,61-,62-,63-,64-,65+,66+,71+,72+,73-,74-,75-,76-,77+,78+/m1/s1. The Kier molecular flexibility index (Phi) is 18.3. The Balaban J connectivity index is 0.907. The van der Waals surface area contributed by atoms with Gasteiger partial charge >= 0.3 is 11.9 Å². The van der Waals surface area contributed by atoms with Gasteiger partial charge in [-0.15, -0.1) is 0 Å². The number of carbonyl (C=O) groups excluding carboxylic acids is 4. The molecule has 8 fully saturated rings. The highest BCUT2D eigenvalue weighted by atomic mass is 16.5. The molecule has 10 heteroatoms. The lowest BCUT2D eigenvalue weighted by Crippen LogP contribution is -2.66. The largest absolute Gasteiger partial charge is 0.462 e. The molecule has 0 saturated heterocycles. The molecule has 0 bridgehead atoms. The lowest BCUT2D eigenvalue weighted by Gasteiger charge is -2.71. The van der Waals surface area contributed by atoms with E-state index in [0.29, 0.717) is 74.5 Å². The topological polar surface area (TPSA) is 163 Å². The fourth-order valence-corrected chi connectivity index (χ4v) is 25.1. The second kappa shape index (κ2) is 24.1. The first-order chi connectivity index (χ1) is 41.4. The van der Waals surface area contributed by atoms with Gasteiger partial charge < -0.3 is 31.6 Å². The van der Waals surface area contributed by atoms with E-state index in [1.54, 1.807) is 13.8 Å². The first-order valence-corrected chi connectivity index (χ1v) is 35.3. The Bertz CT molecular complexity index is 2770. The van der Waals surface area contributed by atoms with Gasteiger partial charge in [-0.05, 0) is 235 Å². The highest BCUT2D eigenvalue weighted by Gasteiger charge is 2.73. The molecule has 0 aliphatic heterocycles. The van der Waals surface area contributed by atoms with E-state index >= 15 is 0 Å².